The van der Waals surface area contributed by atoms with Gasteiger partial charge in [0.25, 0.3) is 0 Å². The van der Waals surface area contributed by atoms with E-state index in [-0.39, 0.29) is 164 Å². The lowest BCUT2D eigenvalue weighted by molar-refractivity contribution is -0.282. The number of unbranched alkanes of at least 4 members (excludes halogenated alkanes) is 9. The van der Waals surface area contributed by atoms with Gasteiger partial charge < -0.3 is 133 Å². The predicted octanol–water partition coefficient (Wildman–Crippen LogP) is 1.62. The van der Waals surface area contributed by atoms with E-state index in [1.807, 2.05) is 0 Å². The molecule has 648 valence electrons. The SMILES string of the molecule is COCCCOCC(CO)COCCCOP(=O)(O)OCC(COCCCOP(=O)(O)OCCCCCCOC1OC(CO)[C@H](O)[C@H](O)[C@@H]1C)(COCCCOP(=O)(O)OCCCCCCO[C@@H]1OC(CO)[C@H](O)[C@H](O)C1C)COCCCOP(=O)(O)OCCCCCCO[C@@H]1OC(CO)[C@H](O)[C@H](O)C1NC(C)=O. The highest BCUT2D eigenvalue weighted by Gasteiger charge is 2.47. The number of carbonyl (C=O) groups is 1. The Morgan fingerprint density at radius 1 is 0.376 bits per heavy atom. The summed E-state index contributed by atoms with van der Waals surface area (Å²) in [6, 6.07) is -1.10. The Balaban J connectivity index is 1.60. The van der Waals surface area contributed by atoms with E-state index in [0.29, 0.717) is 96.7 Å². The fraction of sp³-hybridized carbons (Fsp3) is 0.985. The number of rotatable bonds is 69. The molecule has 12 unspecified atom stereocenters. The van der Waals surface area contributed by atoms with Gasteiger partial charge in [-0.1, -0.05) is 52.4 Å². The maximum Gasteiger partial charge on any atom is 0.472 e. The fourth-order valence-corrected chi connectivity index (χ4v) is 14.3. The molecule has 0 bridgehead atoms. The molecule has 0 spiro atoms. The van der Waals surface area contributed by atoms with Crippen molar-refractivity contribution in [3.8, 4) is 0 Å². The molecule has 3 aliphatic rings. The Morgan fingerprint density at radius 2 is 0.670 bits per heavy atom. The molecule has 3 aliphatic heterocycles. The zero-order chi connectivity index (χ0) is 80.6. The lowest BCUT2D eigenvalue weighted by Crippen LogP contribution is -2.64. The van der Waals surface area contributed by atoms with Gasteiger partial charge in [0, 0.05) is 91.2 Å². The smallest absolute Gasteiger partial charge is 0.396 e. The number of amides is 1. The fourth-order valence-electron chi connectivity index (χ4n) is 11.1. The number of nitrogens with one attached hydrogen (secondary N) is 1. The Bertz CT molecular complexity index is 2430. The van der Waals surface area contributed by atoms with Crippen LogP contribution in [-0.4, -0.2) is 335 Å². The third kappa shape index (κ3) is 43.9. The summed E-state index contributed by atoms with van der Waals surface area (Å²) in [5.74, 6) is -1.92. The highest BCUT2D eigenvalue weighted by molar-refractivity contribution is 7.48. The molecule has 21 atom stereocenters. The van der Waals surface area contributed by atoms with Crippen molar-refractivity contribution in [2.75, 3.05) is 179 Å². The van der Waals surface area contributed by atoms with E-state index in [0.717, 1.165) is 0 Å². The minimum absolute atomic E-state index is 0.00864. The maximum atomic E-state index is 13.5. The monoisotopic (exact) mass is 1670 g/mol. The molecular formula is C65H129NO39P4. The standard InChI is InChI=1S/C65H129NO39P4/c1-48-56(72)58(74)52(39-68)103-62(48)92-28-11-5-8-14-31-95-106(78,79)98-35-19-25-89-44-65(47-102-109(84,85)101-34-18-24-88-43-51(38-67)42-87-23-17-22-86-4,45-90-26-20-36-99-107(80,81)96-32-15-9-6-12-29-93-63-49(2)57(73)59(75)53(40-69)104-63)46-91-27-21-37-100-108(82,83)97-33-16-10-7-13-30-94-64-55(66-50(3)71)61(77)60(76)54(41-70)105-64/h48-49,51-64,67-70,72-77H,5-47H2,1-4H3,(H,66,71)(H,78,79)(H,80,81)(H,82,83)(H,84,85)/t48-,49?,51?,52?,53?,54?,55?,56+,57+,58-,59-,60-,61+,62?,63+,64+,65?/m0/s1. The molecule has 0 radical (unpaired) electrons. The van der Waals surface area contributed by atoms with Gasteiger partial charge >= 0.3 is 31.3 Å². The van der Waals surface area contributed by atoms with E-state index >= 15 is 0 Å². The number of aliphatic hydroxyl groups excluding tert-OH is 10. The largest absolute Gasteiger partial charge is 0.472 e. The second-order valence-electron chi connectivity index (χ2n) is 27.0. The van der Waals surface area contributed by atoms with E-state index in [1.54, 1.807) is 21.0 Å². The number of carbonyl (C=O) groups excluding carboxylic acids is 1. The molecule has 15 N–H and O–H groups in total. The topological polar surface area (TPSA) is 565 Å². The van der Waals surface area contributed by atoms with Crippen molar-refractivity contribution in [1.29, 1.82) is 0 Å². The molecule has 3 saturated heterocycles. The number of ether oxygens (including phenoxy) is 12. The number of methoxy groups -OCH3 is 1. The Hall–Kier alpha value is -0.970. The molecule has 44 heteroatoms. The molecule has 40 nitrogen and oxygen atoms in total. The quantitative estimate of drug-likeness (QED) is 0.0304. The van der Waals surface area contributed by atoms with Gasteiger partial charge in [-0.15, -0.1) is 0 Å². The normalized spacial score (nSPS) is 27.9. The first kappa shape index (κ1) is 102. The average molecular weight is 1670 g/mol. The predicted molar refractivity (Wildman–Crippen MR) is 381 cm³/mol. The summed E-state index contributed by atoms with van der Waals surface area (Å²) in [4.78, 5) is 54.0. The van der Waals surface area contributed by atoms with Crippen LogP contribution in [0.2, 0.25) is 0 Å². The zero-order valence-corrected chi connectivity index (χ0v) is 67.0. The number of hydrogen-bond donors (Lipinski definition) is 15. The van der Waals surface area contributed by atoms with Crippen molar-refractivity contribution in [2.24, 2.45) is 23.2 Å². The molecular weight excluding hydrogens is 1540 g/mol. The first-order chi connectivity index (χ1) is 52.0. The number of phosphoric acid groups is 4. The zero-order valence-electron chi connectivity index (χ0n) is 63.4. The average Bonchev–Trinajstić information content (AvgIpc) is 0.809. The van der Waals surface area contributed by atoms with E-state index in [9.17, 15) is 93.7 Å². The molecule has 0 aliphatic carbocycles. The summed E-state index contributed by atoms with van der Waals surface area (Å²) >= 11 is 0. The molecule has 0 saturated carbocycles. The van der Waals surface area contributed by atoms with Crippen molar-refractivity contribution >= 4 is 37.2 Å². The van der Waals surface area contributed by atoms with Crippen LogP contribution in [0, 0.1) is 23.2 Å². The summed E-state index contributed by atoms with van der Waals surface area (Å²) < 4.78 is 162. The lowest BCUT2D eigenvalue weighted by atomic mass is 9.92. The lowest BCUT2D eigenvalue weighted by Gasteiger charge is -2.42. The molecule has 3 fully saturated rings. The highest BCUT2D eigenvalue weighted by Crippen LogP contribution is 2.47. The van der Waals surface area contributed by atoms with Crippen LogP contribution in [0.5, 0.6) is 0 Å². The number of aliphatic hydroxyl groups is 10. The van der Waals surface area contributed by atoms with Crippen LogP contribution in [0.4, 0.5) is 0 Å². The summed E-state index contributed by atoms with van der Waals surface area (Å²) in [5.41, 5.74) is -1.48. The van der Waals surface area contributed by atoms with Crippen molar-refractivity contribution < 1.29 is 187 Å². The Morgan fingerprint density at radius 3 is 1.00 bits per heavy atom. The molecule has 0 aromatic carbocycles. The van der Waals surface area contributed by atoms with Gasteiger partial charge in [-0.25, -0.2) is 18.3 Å². The summed E-state index contributed by atoms with van der Waals surface area (Å²) in [5, 5.41) is 102. The molecule has 3 heterocycles. The first-order valence-corrected chi connectivity index (χ1v) is 43.4. The number of phosphoric ester groups is 4. The van der Waals surface area contributed by atoms with E-state index in [1.165, 1.54) is 6.92 Å². The minimum Gasteiger partial charge on any atom is -0.396 e. The van der Waals surface area contributed by atoms with Gasteiger partial charge in [-0.05, 0) is 70.6 Å². The molecule has 0 aromatic rings. The van der Waals surface area contributed by atoms with Gasteiger partial charge in [0.15, 0.2) is 18.9 Å². The van der Waals surface area contributed by atoms with Crippen LogP contribution >= 0.6 is 31.3 Å². The Labute approximate surface area is 638 Å². The maximum absolute atomic E-state index is 13.5. The van der Waals surface area contributed by atoms with Crippen LogP contribution in [0.25, 0.3) is 0 Å². The molecule has 1 amide bonds. The van der Waals surface area contributed by atoms with Gasteiger partial charge in [0.2, 0.25) is 5.91 Å². The first-order valence-electron chi connectivity index (χ1n) is 37.4. The second-order valence-corrected chi connectivity index (χ2v) is 32.8. The minimum atomic E-state index is -4.87. The van der Waals surface area contributed by atoms with Crippen LogP contribution in [-0.2, 0) is 116 Å². The molecule has 109 heavy (non-hydrogen) atoms. The Kier molecular flexibility index (Phi) is 54.4. The third-order valence-corrected chi connectivity index (χ3v) is 21.5. The summed E-state index contributed by atoms with van der Waals surface area (Å²) in [6.07, 6.45) is -6.54. The van der Waals surface area contributed by atoms with E-state index in [2.05, 4.69) is 5.32 Å². The van der Waals surface area contributed by atoms with Gasteiger partial charge in [0.1, 0.15) is 48.8 Å². The van der Waals surface area contributed by atoms with Crippen molar-refractivity contribution in [3.05, 3.63) is 0 Å². The van der Waals surface area contributed by atoms with Crippen molar-refractivity contribution in [3.63, 3.8) is 0 Å². The third-order valence-electron chi connectivity index (χ3n) is 17.5. The van der Waals surface area contributed by atoms with E-state index < -0.39 is 161 Å². The molecule has 3 rings (SSSR count). The van der Waals surface area contributed by atoms with Crippen molar-refractivity contribution in [1.82, 2.24) is 5.32 Å². The van der Waals surface area contributed by atoms with Crippen LogP contribution in [0.1, 0.15) is 130 Å². The van der Waals surface area contributed by atoms with Crippen LogP contribution in [0.15, 0.2) is 0 Å². The van der Waals surface area contributed by atoms with Crippen LogP contribution < -0.4 is 5.32 Å². The van der Waals surface area contributed by atoms with Gasteiger partial charge in [-0.2, -0.15) is 0 Å². The van der Waals surface area contributed by atoms with E-state index in [4.69, 9.17) is 93.0 Å². The summed E-state index contributed by atoms with van der Waals surface area (Å²) in [7, 11) is -16.9. The van der Waals surface area contributed by atoms with Gasteiger partial charge in [0.05, 0.1) is 130 Å². The van der Waals surface area contributed by atoms with Crippen LogP contribution in [0.3, 0.4) is 0 Å². The highest BCUT2D eigenvalue weighted by atomic mass is 31.2. The number of hydrogen-bond acceptors (Lipinski definition) is 35. The van der Waals surface area contributed by atoms with Crippen molar-refractivity contribution in [2.45, 2.75) is 210 Å². The second kappa shape index (κ2) is 58.0. The van der Waals surface area contributed by atoms with Gasteiger partial charge in [-0.3, -0.25) is 41.0 Å². The molecule has 0 aromatic heterocycles. The summed E-state index contributed by atoms with van der Waals surface area (Å²) in [6.45, 7) is 0.989.